The van der Waals surface area contributed by atoms with Crippen molar-refractivity contribution in [3.63, 3.8) is 0 Å². The molecule has 3 rings (SSSR count). The van der Waals surface area contributed by atoms with Gasteiger partial charge >= 0.3 is 0 Å². The first-order chi connectivity index (χ1) is 12.7. The molecule has 0 spiro atoms. The van der Waals surface area contributed by atoms with Crippen LogP contribution in [0.15, 0.2) is 57.3 Å². The monoisotopic (exact) mass is 389 g/mol. The van der Waals surface area contributed by atoms with Crippen LogP contribution in [-0.4, -0.2) is 32.6 Å². The number of rotatable bonds is 7. The molecule has 1 aromatic carbocycles. The lowest BCUT2D eigenvalue weighted by Gasteiger charge is -2.07. The molecule has 7 nitrogen and oxygen atoms in total. The number of carbonyl (C=O) groups excluding carboxylic acids is 1. The molecule has 1 N–H and O–H groups in total. The van der Waals surface area contributed by atoms with E-state index in [1.807, 2.05) is 35.8 Å². The molecule has 134 valence electrons. The van der Waals surface area contributed by atoms with Crippen molar-refractivity contribution in [3.05, 3.63) is 53.4 Å². The summed E-state index contributed by atoms with van der Waals surface area (Å²) in [4.78, 5) is 11.9. The van der Waals surface area contributed by atoms with Crippen LogP contribution < -0.4 is 5.43 Å². The number of furan rings is 1. The van der Waals surface area contributed by atoms with Gasteiger partial charge in [0.25, 0.3) is 5.91 Å². The Bertz CT molecular complexity index is 891. The number of halogens is 1. The Morgan fingerprint density at radius 3 is 2.85 bits per heavy atom. The van der Waals surface area contributed by atoms with E-state index >= 15 is 0 Å². The zero-order valence-corrected chi connectivity index (χ0v) is 15.5. The van der Waals surface area contributed by atoms with Gasteiger partial charge in [-0.25, -0.2) is 5.43 Å². The van der Waals surface area contributed by atoms with E-state index in [1.54, 1.807) is 12.1 Å². The molecule has 0 aliphatic rings. The number of aromatic nitrogens is 3. The molecule has 26 heavy (non-hydrogen) atoms. The summed E-state index contributed by atoms with van der Waals surface area (Å²) in [6, 6.07) is 10.9. The molecule has 0 fully saturated rings. The molecule has 0 aliphatic carbocycles. The summed E-state index contributed by atoms with van der Waals surface area (Å²) in [5.41, 5.74) is 3.37. The Kier molecular flexibility index (Phi) is 6.08. The second kappa shape index (κ2) is 8.68. The zero-order valence-electron chi connectivity index (χ0n) is 13.9. The molecule has 9 heteroatoms. The maximum absolute atomic E-state index is 11.9. The standard InChI is InChI=1S/C17H16ClN5O2S/c1-2-23-16(12-5-7-13(18)8-6-12)21-22-17(23)26-11-15(24)20-19-10-14-4-3-9-25-14/h3-10H,2,11H2,1H3,(H,20,24). The highest BCUT2D eigenvalue weighted by molar-refractivity contribution is 7.99. The number of benzene rings is 1. The van der Waals surface area contributed by atoms with Crippen LogP contribution in [-0.2, 0) is 11.3 Å². The fourth-order valence-corrected chi connectivity index (χ4v) is 3.11. The van der Waals surface area contributed by atoms with Crippen molar-refractivity contribution in [2.45, 2.75) is 18.6 Å². The molecule has 0 saturated heterocycles. The summed E-state index contributed by atoms with van der Waals surface area (Å²) in [6.45, 7) is 2.69. The predicted octanol–water partition coefficient (Wildman–Crippen LogP) is 3.45. The molecule has 0 unspecified atom stereocenters. The number of thioether (sulfide) groups is 1. The molecular weight excluding hydrogens is 374 g/mol. The van der Waals surface area contributed by atoms with E-state index in [9.17, 15) is 4.79 Å². The fraction of sp³-hybridized carbons (Fsp3) is 0.176. The first kappa shape index (κ1) is 18.2. The molecule has 0 saturated carbocycles. The lowest BCUT2D eigenvalue weighted by atomic mass is 10.2. The topological polar surface area (TPSA) is 85.3 Å². The second-order valence-corrected chi connectivity index (χ2v) is 6.53. The molecule has 0 atom stereocenters. The number of nitrogens with zero attached hydrogens (tertiary/aromatic N) is 4. The van der Waals surface area contributed by atoms with Crippen LogP contribution in [0.1, 0.15) is 12.7 Å². The van der Waals surface area contributed by atoms with E-state index in [0.717, 1.165) is 11.4 Å². The van der Waals surface area contributed by atoms with Crippen molar-refractivity contribution in [3.8, 4) is 11.4 Å². The van der Waals surface area contributed by atoms with Crippen molar-refractivity contribution in [2.75, 3.05) is 5.75 Å². The Hall–Kier alpha value is -2.58. The van der Waals surface area contributed by atoms with Gasteiger partial charge in [-0.15, -0.1) is 10.2 Å². The van der Waals surface area contributed by atoms with Crippen LogP contribution >= 0.6 is 23.4 Å². The minimum absolute atomic E-state index is 0.175. The van der Waals surface area contributed by atoms with Crippen molar-refractivity contribution in [1.29, 1.82) is 0 Å². The van der Waals surface area contributed by atoms with Crippen LogP contribution in [0, 0.1) is 0 Å². The Balaban J connectivity index is 1.61. The van der Waals surface area contributed by atoms with Crippen LogP contribution in [0.3, 0.4) is 0 Å². The van der Waals surface area contributed by atoms with E-state index in [1.165, 1.54) is 24.2 Å². The zero-order chi connectivity index (χ0) is 18.4. The summed E-state index contributed by atoms with van der Waals surface area (Å²) in [7, 11) is 0. The number of hydrazone groups is 1. The first-order valence-electron chi connectivity index (χ1n) is 7.84. The van der Waals surface area contributed by atoms with E-state index in [0.29, 0.717) is 22.5 Å². The number of hydrogen-bond acceptors (Lipinski definition) is 6. The number of carbonyl (C=O) groups is 1. The van der Waals surface area contributed by atoms with E-state index in [-0.39, 0.29) is 11.7 Å². The summed E-state index contributed by atoms with van der Waals surface area (Å²) in [6.07, 6.45) is 2.98. The average Bonchev–Trinajstić information content (AvgIpc) is 3.30. The Morgan fingerprint density at radius 1 is 1.35 bits per heavy atom. The third-order valence-corrected chi connectivity index (χ3v) is 4.61. The molecule has 0 bridgehead atoms. The number of amides is 1. The van der Waals surface area contributed by atoms with Gasteiger partial charge in [0.15, 0.2) is 11.0 Å². The maximum Gasteiger partial charge on any atom is 0.250 e. The summed E-state index contributed by atoms with van der Waals surface area (Å²) >= 11 is 7.23. The van der Waals surface area contributed by atoms with Gasteiger partial charge in [-0.3, -0.25) is 4.79 Å². The lowest BCUT2D eigenvalue weighted by molar-refractivity contribution is -0.118. The van der Waals surface area contributed by atoms with Gasteiger partial charge in [-0.2, -0.15) is 5.10 Å². The molecule has 2 aromatic heterocycles. The summed E-state index contributed by atoms with van der Waals surface area (Å²) in [5.74, 6) is 1.24. The second-order valence-electron chi connectivity index (χ2n) is 5.15. The van der Waals surface area contributed by atoms with Gasteiger partial charge in [-0.05, 0) is 43.3 Å². The SMILES string of the molecule is CCn1c(SCC(=O)NN=Cc2ccco2)nnc1-c1ccc(Cl)cc1. The van der Waals surface area contributed by atoms with Crippen molar-refractivity contribution in [1.82, 2.24) is 20.2 Å². The average molecular weight is 390 g/mol. The maximum atomic E-state index is 11.9. The largest absolute Gasteiger partial charge is 0.463 e. The highest BCUT2D eigenvalue weighted by Crippen LogP contribution is 2.24. The molecule has 0 aliphatic heterocycles. The highest BCUT2D eigenvalue weighted by Gasteiger charge is 2.14. The van der Waals surface area contributed by atoms with Crippen LogP contribution in [0.4, 0.5) is 0 Å². The smallest absolute Gasteiger partial charge is 0.250 e. The van der Waals surface area contributed by atoms with E-state index < -0.39 is 0 Å². The summed E-state index contributed by atoms with van der Waals surface area (Å²) < 4.78 is 7.04. The van der Waals surface area contributed by atoms with Crippen molar-refractivity contribution in [2.24, 2.45) is 5.10 Å². The van der Waals surface area contributed by atoms with Crippen molar-refractivity contribution < 1.29 is 9.21 Å². The fourth-order valence-electron chi connectivity index (χ4n) is 2.19. The van der Waals surface area contributed by atoms with Crippen LogP contribution in [0.2, 0.25) is 5.02 Å². The minimum atomic E-state index is -0.239. The van der Waals surface area contributed by atoms with Gasteiger partial charge in [-0.1, -0.05) is 23.4 Å². The van der Waals surface area contributed by atoms with Crippen LogP contribution in [0.25, 0.3) is 11.4 Å². The van der Waals surface area contributed by atoms with Crippen molar-refractivity contribution >= 4 is 35.5 Å². The quantitative estimate of drug-likeness (QED) is 0.380. The normalized spacial score (nSPS) is 11.2. The van der Waals surface area contributed by atoms with Gasteiger partial charge in [0.2, 0.25) is 0 Å². The first-order valence-corrected chi connectivity index (χ1v) is 9.21. The Labute approximate surface area is 159 Å². The highest BCUT2D eigenvalue weighted by atomic mass is 35.5. The van der Waals surface area contributed by atoms with Gasteiger partial charge in [0.1, 0.15) is 5.76 Å². The van der Waals surface area contributed by atoms with E-state index in [4.69, 9.17) is 16.0 Å². The number of hydrogen-bond donors (Lipinski definition) is 1. The van der Waals surface area contributed by atoms with Crippen LogP contribution in [0.5, 0.6) is 0 Å². The summed E-state index contributed by atoms with van der Waals surface area (Å²) in [5, 5.41) is 13.6. The molecule has 0 radical (unpaired) electrons. The third-order valence-electron chi connectivity index (χ3n) is 3.39. The molecular formula is C17H16ClN5O2S. The number of nitrogens with one attached hydrogen (secondary N) is 1. The van der Waals surface area contributed by atoms with E-state index in [2.05, 4.69) is 20.7 Å². The molecule has 1 amide bonds. The molecule has 2 heterocycles. The minimum Gasteiger partial charge on any atom is -0.463 e. The van der Waals surface area contributed by atoms with Gasteiger partial charge in [0, 0.05) is 17.1 Å². The Morgan fingerprint density at radius 2 is 2.15 bits per heavy atom. The predicted molar refractivity (Wildman–Crippen MR) is 101 cm³/mol. The van der Waals surface area contributed by atoms with Gasteiger partial charge in [0.05, 0.1) is 18.2 Å². The third kappa shape index (κ3) is 4.53. The molecule has 3 aromatic rings. The van der Waals surface area contributed by atoms with Gasteiger partial charge < -0.3 is 8.98 Å². The lowest BCUT2D eigenvalue weighted by Crippen LogP contribution is -2.20.